The van der Waals surface area contributed by atoms with E-state index in [1.807, 2.05) is 0 Å². The van der Waals surface area contributed by atoms with Gasteiger partial charge in [0.1, 0.15) is 11.9 Å². The molecule has 8 atom stereocenters. The van der Waals surface area contributed by atoms with Crippen molar-refractivity contribution in [1.82, 2.24) is 4.90 Å². The lowest BCUT2D eigenvalue weighted by Crippen LogP contribution is -2.78. The molecular weight excluding hydrogens is 560 g/mol. The Kier molecular flexibility index (Phi) is 8.32. The highest BCUT2D eigenvalue weighted by Crippen LogP contribution is 2.55. The summed E-state index contributed by atoms with van der Waals surface area (Å²) < 4.78 is 12.3. The van der Waals surface area contributed by atoms with Crippen LogP contribution < -0.4 is 5.73 Å². The normalized spacial score (nSPS) is 34.1. The van der Waals surface area contributed by atoms with Crippen LogP contribution in [0.4, 0.5) is 0 Å². The Hall–Kier alpha value is -3.48. The van der Waals surface area contributed by atoms with Crippen molar-refractivity contribution in [3.63, 3.8) is 0 Å². The van der Waals surface area contributed by atoms with Crippen LogP contribution in [0.15, 0.2) is 18.2 Å². The van der Waals surface area contributed by atoms with Gasteiger partial charge in [-0.2, -0.15) is 0 Å². The van der Waals surface area contributed by atoms with E-state index in [9.17, 15) is 39.0 Å². The van der Waals surface area contributed by atoms with Crippen LogP contribution in [0.25, 0.3) is 0 Å². The van der Waals surface area contributed by atoms with Gasteiger partial charge in [0.25, 0.3) is 0 Å². The lowest BCUT2D eigenvalue weighted by atomic mass is 9.49. The molecule has 1 amide bonds. The average Bonchev–Trinajstić information content (AvgIpc) is 3.45. The third-order valence-electron chi connectivity index (χ3n) is 9.66. The van der Waals surface area contributed by atoms with Crippen molar-refractivity contribution in [1.29, 1.82) is 0 Å². The van der Waals surface area contributed by atoms with Gasteiger partial charge in [0, 0.05) is 18.3 Å². The summed E-state index contributed by atoms with van der Waals surface area (Å²) in [6, 6.07) is 3.04. The Morgan fingerprint density at radius 2 is 1.77 bits per heavy atom. The van der Waals surface area contributed by atoms with E-state index >= 15 is 0 Å². The summed E-state index contributed by atoms with van der Waals surface area (Å²) >= 11 is 0. The van der Waals surface area contributed by atoms with Crippen LogP contribution in [0.1, 0.15) is 67.3 Å². The molecule has 4 aliphatic carbocycles. The summed E-state index contributed by atoms with van der Waals surface area (Å²) in [6.07, 6.45) is 2.41. The average molecular weight is 599 g/mol. The summed E-state index contributed by atoms with van der Waals surface area (Å²) in [6.45, 7) is 1.74. The number of primary amides is 1. The van der Waals surface area contributed by atoms with E-state index in [0.29, 0.717) is 12.0 Å². The second-order valence-electron chi connectivity index (χ2n) is 12.4. The number of Topliss-reactive ketones (excluding diaryl/α,β-unsaturated/α-hetero) is 4. The highest BCUT2D eigenvalue weighted by atomic mass is 16.5. The topological polar surface area (TPSA) is 191 Å². The first-order valence-corrected chi connectivity index (χ1v) is 14.8. The largest absolute Gasteiger partial charge is 0.507 e. The molecule has 0 spiro atoms. The second-order valence-corrected chi connectivity index (χ2v) is 12.4. The number of aliphatic hydroxyl groups is 1. The van der Waals surface area contributed by atoms with Gasteiger partial charge in [-0.3, -0.25) is 33.7 Å². The van der Waals surface area contributed by atoms with Gasteiger partial charge in [-0.1, -0.05) is 31.9 Å². The van der Waals surface area contributed by atoms with Crippen LogP contribution in [-0.2, 0) is 33.4 Å². The Morgan fingerprint density at radius 3 is 2.37 bits per heavy atom. The summed E-state index contributed by atoms with van der Waals surface area (Å²) in [7, 11) is 2.94. The minimum Gasteiger partial charge on any atom is -0.507 e. The van der Waals surface area contributed by atoms with Gasteiger partial charge in [-0.05, 0) is 45.0 Å². The zero-order valence-corrected chi connectivity index (χ0v) is 24.5. The van der Waals surface area contributed by atoms with E-state index in [0.717, 1.165) is 25.7 Å². The number of esters is 1. The number of phenols is 1. The number of hydrogen-bond donors (Lipinski definition) is 3. The van der Waals surface area contributed by atoms with Gasteiger partial charge in [0.2, 0.25) is 5.91 Å². The molecule has 5 rings (SSSR count). The number of carbonyl (C=O) groups excluding carboxylic acids is 6. The molecule has 1 aromatic rings. The standard InChI is InChI=1S/C31H38N2O10/c1-4-8-18(35)43-27-20-16(13-42-14-9-5-6-10-14)15-11-7-12-17(34)19(15)25(36)21(20)28(38)31(41)23(27)24(33(2)3)26(37)22(29(31)39)30(32)40/h7,11-12,14,16,20-24,27,34,41H,4-6,8-10,13H2,1-3H3,(H2,32,40). The van der Waals surface area contributed by atoms with Gasteiger partial charge in [-0.15, -0.1) is 0 Å². The number of ketones is 4. The van der Waals surface area contributed by atoms with Gasteiger partial charge in [-0.25, -0.2) is 0 Å². The molecule has 4 aliphatic rings. The molecule has 3 saturated carbocycles. The maximum atomic E-state index is 14.4. The van der Waals surface area contributed by atoms with Crippen LogP contribution >= 0.6 is 0 Å². The molecule has 12 nitrogen and oxygen atoms in total. The number of ether oxygens (including phenoxy) is 2. The van der Waals surface area contributed by atoms with Crippen LogP contribution in [0.3, 0.4) is 0 Å². The number of aromatic hydroxyl groups is 1. The zero-order valence-electron chi connectivity index (χ0n) is 24.5. The monoisotopic (exact) mass is 598 g/mol. The number of nitrogens with zero attached hydrogens (tertiary/aromatic N) is 1. The molecule has 3 fully saturated rings. The predicted octanol–water partition coefficient (Wildman–Crippen LogP) is 0.689. The molecule has 1 aromatic carbocycles. The van der Waals surface area contributed by atoms with E-state index < -0.39 is 82.3 Å². The highest BCUT2D eigenvalue weighted by Gasteiger charge is 2.74. The Bertz CT molecular complexity index is 1370. The summed E-state index contributed by atoms with van der Waals surface area (Å²) in [4.78, 5) is 82.9. The van der Waals surface area contributed by atoms with Crippen LogP contribution in [-0.4, -0.2) is 94.7 Å². The number of carbonyl (C=O) groups is 6. The second kappa shape index (κ2) is 11.5. The van der Waals surface area contributed by atoms with Crippen LogP contribution in [0.5, 0.6) is 5.75 Å². The van der Waals surface area contributed by atoms with Crippen LogP contribution in [0, 0.1) is 23.7 Å². The van der Waals surface area contributed by atoms with Crippen molar-refractivity contribution in [2.45, 2.75) is 75.2 Å². The molecular formula is C31H38N2O10. The van der Waals surface area contributed by atoms with Gasteiger partial charge in [0.15, 0.2) is 34.7 Å². The molecule has 8 unspecified atom stereocenters. The third kappa shape index (κ3) is 4.79. The molecule has 232 valence electrons. The van der Waals surface area contributed by atoms with Crippen LogP contribution in [0.2, 0.25) is 0 Å². The van der Waals surface area contributed by atoms with E-state index in [2.05, 4.69) is 0 Å². The van der Waals surface area contributed by atoms with Crippen molar-refractivity contribution in [2.24, 2.45) is 29.4 Å². The molecule has 0 aliphatic heterocycles. The van der Waals surface area contributed by atoms with Crippen molar-refractivity contribution >= 4 is 35.0 Å². The summed E-state index contributed by atoms with van der Waals surface area (Å²) in [5.74, 6) is -14.4. The van der Waals surface area contributed by atoms with Gasteiger partial charge in [0.05, 0.1) is 36.2 Å². The molecule has 0 radical (unpaired) electrons. The first kappa shape index (κ1) is 31.0. The molecule has 12 heteroatoms. The number of amides is 1. The van der Waals surface area contributed by atoms with E-state index in [-0.39, 0.29) is 30.4 Å². The van der Waals surface area contributed by atoms with Gasteiger partial charge < -0.3 is 25.4 Å². The minimum absolute atomic E-state index is 0.00570. The molecule has 0 saturated heterocycles. The number of hydrogen-bond acceptors (Lipinski definition) is 11. The number of phenolic OH excluding ortho intramolecular Hbond substituents is 1. The molecule has 0 aromatic heterocycles. The lowest BCUT2D eigenvalue weighted by molar-refractivity contribution is -0.207. The summed E-state index contributed by atoms with van der Waals surface area (Å²) in [5, 5.41) is 22.9. The fourth-order valence-corrected chi connectivity index (χ4v) is 7.79. The Labute approximate surface area is 248 Å². The summed E-state index contributed by atoms with van der Waals surface area (Å²) in [5.41, 5.74) is 2.60. The SMILES string of the molecule is CCCC(=O)OC1C2C(C(=O)c3c(O)cccc3C2COC2CCCC2)C(=O)C2(O)C(=O)C(C(N)=O)C(=O)C(N(C)C)C12. The maximum Gasteiger partial charge on any atom is 0.306 e. The van der Waals surface area contributed by atoms with Gasteiger partial charge >= 0.3 is 5.97 Å². The molecule has 0 bridgehead atoms. The highest BCUT2D eigenvalue weighted by molar-refractivity contribution is 6.32. The fraction of sp³-hybridized carbons (Fsp3) is 0.613. The van der Waals surface area contributed by atoms with E-state index in [1.165, 1.54) is 25.1 Å². The maximum absolute atomic E-state index is 14.4. The predicted molar refractivity (Wildman–Crippen MR) is 149 cm³/mol. The van der Waals surface area contributed by atoms with Crippen molar-refractivity contribution in [3.05, 3.63) is 29.3 Å². The van der Waals surface area contributed by atoms with Crippen molar-refractivity contribution in [3.8, 4) is 5.75 Å². The number of fused-ring (bicyclic) bond motifs is 3. The number of likely N-dealkylation sites (N-methyl/N-ethyl adjacent to an activating group) is 1. The molecule has 43 heavy (non-hydrogen) atoms. The third-order valence-corrected chi connectivity index (χ3v) is 9.66. The van der Waals surface area contributed by atoms with E-state index in [1.54, 1.807) is 19.1 Å². The number of benzene rings is 1. The molecule has 4 N–H and O–H groups in total. The van der Waals surface area contributed by atoms with Crippen molar-refractivity contribution in [2.75, 3.05) is 20.7 Å². The Balaban J connectivity index is 1.74. The van der Waals surface area contributed by atoms with E-state index in [4.69, 9.17) is 15.2 Å². The Morgan fingerprint density at radius 1 is 1.09 bits per heavy atom. The lowest BCUT2D eigenvalue weighted by Gasteiger charge is -2.57. The number of rotatable bonds is 8. The smallest absolute Gasteiger partial charge is 0.306 e. The number of nitrogens with two attached hydrogens (primary N) is 1. The quantitative estimate of drug-likeness (QED) is 0.282. The zero-order chi connectivity index (χ0) is 31.4. The fourth-order valence-electron chi connectivity index (χ4n) is 7.79. The first-order chi connectivity index (χ1) is 20.4. The minimum atomic E-state index is -3.06. The first-order valence-electron chi connectivity index (χ1n) is 14.8. The van der Waals surface area contributed by atoms with Crippen molar-refractivity contribution < 1.29 is 48.5 Å². The molecule has 0 heterocycles.